The van der Waals surface area contributed by atoms with E-state index in [0.717, 1.165) is 23.5 Å². The lowest BCUT2D eigenvalue weighted by atomic mass is 10.1. The summed E-state index contributed by atoms with van der Waals surface area (Å²) in [6.45, 7) is 3.51. The number of carbonyl (C=O) groups excluding carboxylic acids is 1. The highest BCUT2D eigenvalue weighted by Crippen LogP contribution is 2.30. The van der Waals surface area contributed by atoms with E-state index in [0.29, 0.717) is 19.8 Å². The molecule has 2 N–H and O–H groups in total. The van der Waals surface area contributed by atoms with Gasteiger partial charge in [-0.25, -0.2) is 0 Å². The molecule has 0 saturated carbocycles. The van der Waals surface area contributed by atoms with Crippen LogP contribution >= 0.6 is 0 Å². The van der Waals surface area contributed by atoms with Crippen molar-refractivity contribution in [1.82, 2.24) is 4.90 Å². The molecule has 0 saturated heterocycles. The third-order valence-electron chi connectivity index (χ3n) is 3.11. The van der Waals surface area contributed by atoms with Crippen molar-refractivity contribution in [2.24, 2.45) is 5.73 Å². The molecule has 0 bridgehead atoms. The molecule has 1 aliphatic heterocycles. The molecule has 5 nitrogen and oxygen atoms in total. The summed E-state index contributed by atoms with van der Waals surface area (Å²) in [7, 11) is 1.77. The van der Waals surface area contributed by atoms with Gasteiger partial charge in [-0.3, -0.25) is 4.79 Å². The Morgan fingerprint density at radius 3 is 2.74 bits per heavy atom. The second kappa shape index (κ2) is 5.93. The normalized spacial score (nSPS) is 14.9. The Morgan fingerprint density at radius 2 is 2.05 bits per heavy atom. The average Bonchev–Trinajstić information content (AvgIpc) is 2.43. The van der Waals surface area contributed by atoms with Gasteiger partial charge < -0.3 is 20.1 Å². The monoisotopic (exact) mass is 264 g/mol. The second-order valence-corrected chi connectivity index (χ2v) is 4.78. The fourth-order valence-electron chi connectivity index (χ4n) is 2.00. The van der Waals surface area contributed by atoms with Crippen LogP contribution in [0, 0.1) is 0 Å². The first-order chi connectivity index (χ1) is 9.08. The summed E-state index contributed by atoms with van der Waals surface area (Å²) in [5.74, 6) is 1.53. The molecule has 2 rings (SSSR count). The Hall–Kier alpha value is -1.75. The molecule has 1 aromatic carbocycles. The van der Waals surface area contributed by atoms with Crippen LogP contribution in [-0.2, 0) is 11.2 Å². The van der Waals surface area contributed by atoms with Crippen molar-refractivity contribution in [2.45, 2.75) is 19.4 Å². The highest BCUT2D eigenvalue weighted by atomic mass is 16.6. The predicted molar refractivity (Wildman–Crippen MR) is 72.4 cm³/mol. The van der Waals surface area contributed by atoms with Crippen LogP contribution in [0.3, 0.4) is 0 Å². The van der Waals surface area contributed by atoms with Gasteiger partial charge in [-0.15, -0.1) is 0 Å². The summed E-state index contributed by atoms with van der Waals surface area (Å²) in [5.41, 5.74) is 6.69. The zero-order valence-corrected chi connectivity index (χ0v) is 11.4. The van der Waals surface area contributed by atoms with Crippen molar-refractivity contribution in [3.05, 3.63) is 23.8 Å². The molecule has 1 heterocycles. The lowest BCUT2D eigenvalue weighted by Crippen LogP contribution is -2.40. The smallest absolute Gasteiger partial charge is 0.238 e. The van der Waals surface area contributed by atoms with Gasteiger partial charge in [0.25, 0.3) is 0 Å². The van der Waals surface area contributed by atoms with Crippen LogP contribution in [0.2, 0.25) is 0 Å². The van der Waals surface area contributed by atoms with Gasteiger partial charge >= 0.3 is 0 Å². The Labute approximate surface area is 113 Å². The van der Waals surface area contributed by atoms with Crippen molar-refractivity contribution in [1.29, 1.82) is 0 Å². The number of nitrogens with two attached hydrogens (primary N) is 1. The lowest BCUT2D eigenvalue weighted by Gasteiger charge is -2.21. The molecule has 0 aliphatic carbocycles. The van der Waals surface area contributed by atoms with Crippen LogP contribution in [0.5, 0.6) is 11.5 Å². The molecule has 0 spiro atoms. The minimum atomic E-state index is -0.453. The van der Waals surface area contributed by atoms with Gasteiger partial charge in [0.15, 0.2) is 11.5 Å². The van der Waals surface area contributed by atoms with Gasteiger partial charge in [0.2, 0.25) is 5.91 Å². The quantitative estimate of drug-likeness (QED) is 0.874. The lowest BCUT2D eigenvalue weighted by molar-refractivity contribution is -0.130. The maximum absolute atomic E-state index is 11.7. The van der Waals surface area contributed by atoms with Gasteiger partial charge in [-0.1, -0.05) is 6.07 Å². The Balaban J connectivity index is 1.94. The van der Waals surface area contributed by atoms with Gasteiger partial charge in [-0.05, 0) is 31.0 Å². The Morgan fingerprint density at radius 1 is 1.37 bits per heavy atom. The largest absolute Gasteiger partial charge is 0.486 e. The van der Waals surface area contributed by atoms with E-state index in [2.05, 4.69) is 0 Å². The van der Waals surface area contributed by atoms with E-state index in [-0.39, 0.29) is 5.91 Å². The first kappa shape index (κ1) is 13.7. The van der Waals surface area contributed by atoms with Gasteiger partial charge in [0, 0.05) is 13.6 Å². The molecule has 0 aromatic heterocycles. The average molecular weight is 264 g/mol. The molecule has 1 aromatic rings. The minimum absolute atomic E-state index is 0.0439. The number of fused-ring (bicyclic) bond motifs is 1. The van der Waals surface area contributed by atoms with Crippen molar-refractivity contribution in [2.75, 3.05) is 26.8 Å². The highest BCUT2D eigenvalue weighted by Gasteiger charge is 2.14. The summed E-state index contributed by atoms with van der Waals surface area (Å²) < 4.78 is 11.0. The summed E-state index contributed by atoms with van der Waals surface area (Å²) in [6, 6.07) is 5.43. The van der Waals surface area contributed by atoms with Gasteiger partial charge in [0.05, 0.1) is 6.04 Å². The minimum Gasteiger partial charge on any atom is -0.486 e. The maximum atomic E-state index is 11.7. The molecule has 19 heavy (non-hydrogen) atoms. The van der Waals surface area contributed by atoms with Crippen LogP contribution in [0.15, 0.2) is 18.2 Å². The fraction of sp³-hybridized carbons (Fsp3) is 0.500. The summed E-state index contributed by atoms with van der Waals surface area (Å²) in [6.07, 6.45) is 0.769. The van der Waals surface area contributed by atoms with Crippen molar-refractivity contribution < 1.29 is 14.3 Å². The molecule has 1 aliphatic rings. The molecule has 5 heteroatoms. The fourth-order valence-corrected chi connectivity index (χ4v) is 2.00. The molecular formula is C14H20N2O3. The zero-order valence-electron chi connectivity index (χ0n) is 11.4. The first-order valence-electron chi connectivity index (χ1n) is 6.47. The third-order valence-corrected chi connectivity index (χ3v) is 3.11. The number of benzene rings is 1. The van der Waals surface area contributed by atoms with Crippen LogP contribution in [-0.4, -0.2) is 43.7 Å². The maximum Gasteiger partial charge on any atom is 0.238 e. The SMILES string of the molecule is CC(N)C(=O)N(C)CCc1ccc2c(c1)OCCO2. The summed E-state index contributed by atoms with van der Waals surface area (Å²) >= 11 is 0. The van der Waals surface area contributed by atoms with E-state index in [9.17, 15) is 4.79 Å². The van der Waals surface area contributed by atoms with E-state index >= 15 is 0 Å². The first-order valence-corrected chi connectivity index (χ1v) is 6.47. The molecular weight excluding hydrogens is 244 g/mol. The number of carbonyl (C=O) groups is 1. The number of nitrogens with zero attached hydrogens (tertiary/aromatic N) is 1. The standard InChI is InChI=1S/C14H20N2O3/c1-10(15)14(17)16(2)6-5-11-3-4-12-13(9-11)19-8-7-18-12/h3-4,9-10H,5-8,15H2,1-2H3. The van der Waals surface area contributed by atoms with Crippen LogP contribution < -0.4 is 15.2 Å². The molecule has 1 unspecified atom stereocenters. The third kappa shape index (κ3) is 3.38. The van der Waals surface area contributed by atoms with Crippen LogP contribution in [0.4, 0.5) is 0 Å². The van der Waals surface area contributed by atoms with E-state index in [1.54, 1.807) is 18.9 Å². The number of hydrogen-bond acceptors (Lipinski definition) is 4. The van der Waals surface area contributed by atoms with Crippen LogP contribution in [0.1, 0.15) is 12.5 Å². The number of rotatable bonds is 4. The summed E-state index contributed by atoms with van der Waals surface area (Å²) in [4.78, 5) is 13.3. The second-order valence-electron chi connectivity index (χ2n) is 4.78. The van der Waals surface area contributed by atoms with Crippen LogP contribution in [0.25, 0.3) is 0 Å². The topological polar surface area (TPSA) is 64.8 Å². The molecule has 0 radical (unpaired) electrons. The van der Waals surface area contributed by atoms with E-state index in [4.69, 9.17) is 15.2 Å². The molecule has 1 atom stereocenters. The predicted octanol–water partition coefficient (Wildman–Crippen LogP) is 0.806. The van der Waals surface area contributed by atoms with Gasteiger partial charge in [-0.2, -0.15) is 0 Å². The number of likely N-dealkylation sites (N-methyl/N-ethyl adjacent to an activating group) is 1. The van der Waals surface area contributed by atoms with Crippen molar-refractivity contribution in [3.8, 4) is 11.5 Å². The number of ether oxygens (including phenoxy) is 2. The number of amides is 1. The summed E-state index contributed by atoms with van der Waals surface area (Å²) in [5, 5.41) is 0. The van der Waals surface area contributed by atoms with Crippen molar-refractivity contribution in [3.63, 3.8) is 0 Å². The highest BCUT2D eigenvalue weighted by molar-refractivity contribution is 5.80. The van der Waals surface area contributed by atoms with E-state index in [1.807, 2.05) is 18.2 Å². The molecule has 104 valence electrons. The van der Waals surface area contributed by atoms with E-state index in [1.165, 1.54) is 0 Å². The molecule has 1 amide bonds. The number of hydrogen-bond donors (Lipinski definition) is 1. The zero-order chi connectivity index (χ0) is 13.8. The van der Waals surface area contributed by atoms with Crippen molar-refractivity contribution >= 4 is 5.91 Å². The molecule has 0 fully saturated rings. The Kier molecular flexibility index (Phi) is 4.27. The van der Waals surface area contributed by atoms with E-state index < -0.39 is 6.04 Å². The Bertz CT molecular complexity index is 460. The van der Waals surface area contributed by atoms with Gasteiger partial charge in [0.1, 0.15) is 13.2 Å².